The van der Waals surface area contributed by atoms with Crippen LogP contribution in [0.4, 0.5) is 5.69 Å². The third-order valence-corrected chi connectivity index (χ3v) is 4.97. The van der Waals surface area contributed by atoms with E-state index in [0.29, 0.717) is 18.7 Å². The minimum absolute atomic E-state index is 0.0164. The zero-order chi connectivity index (χ0) is 19.7. The lowest BCUT2D eigenvalue weighted by Crippen LogP contribution is -2.12. The van der Waals surface area contributed by atoms with Crippen molar-refractivity contribution in [3.05, 3.63) is 65.5 Å². The van der Waals surface area contributed by atoms with Crippen molar-refractivity contribution in [3.8, 4) is 11.5 Å². The second-order valence-electron chi connectivity index (χ2n) is 6.89. The number of nitrogens with one attached hydrogen (secondary N) is 1. The molecule has 0 aliphatic rings. The van der Waals surface area contributed by atoms with Crippen molar-refractivity contribution in [2.45, 2.75) is 26.7 Å². The lowest BCUT2D eigenvalue weighted by Gasteiger charge is -2.06. The number of aryl methyl sites for hydroxylation is 2. The van der Waals surface area contributed by atoms with Gasteiger partial charge in [0, 0.05) is 30.4 Å². The Balaban J connectivity index is 1.40. The van der Waals surface area contributed by atoms with Crippen molar-refractivity contribution in [3.63, 3.8) is 0 Å². The van der Waals surface area contributed by atoms with E-state index in [2.05, 4.69) is 15.4 Å². The molecule has 0 aliphatic heterocycles. The number of anilines is 1. The Morgan fingerprint density at radius 1 is 1.11 bits per heavy atom. The number of nitrogens with zero attached hydrogens (tertiary/aromatic N) is 3. The van der Waals surface area contributed by atoms with E-state index in [9.17, 15) is 4.79 Å². The number of carbonyl (C=O) groups excluding carboxylic acids is 1. The number of benzene rings is 2. The van der Waals surface area contributed by atoms with E-state index in [1.165, 1.54) is 0 Å². The van der Waals surface area contributed by atoms with Crippen molar-refractivity contribution in [1.29, 1.82) is 0 Å². The van der Waals surface area contributed by atoms with E-state index < -0.39 is 0 Å². The minimum Gasteiger partial charge on any atom is -0.436 e. The molecular formula is C22H22N4O2. The quantitative estimate of drug-likeness (QED) is 0.561. The molecule has 0 fully saturated rings. The Kier molecular flexibility index (Phi) is 4.69. The van der Waals surface area contributed by atoms with Crippen LogP contribution in [0.1, 0.15) is 23.4 Å². The summed E-state index contributed by atoms with van der Waals surface area (Å²) < 4.78 is 7.64. The van der Waals surface area contributed by atoms with E-state index in [1.54, 1.807) is 0 Å². The summed E-state index contributed by atoms with van der Waals surface area (Å²) in [4.78, 5) is 16.8. The lowest BCUT2D eigenvalue weighted by atomic mass is 10.1. The first kappa shape index (κ1) is 18.0. The third kappa shape index (κ3) is 3.53. The van der Waals surface area contributed by atoms with Crippen molar-refractivity contribution < 1.29 is 9.21 Å². The van der Waals surface area contributed by atoms with Crippen molar-refractivity contribution in [2.75, 3.05) is 5.32 Å². The largest absolute Gasteiger partial charge is 0.436 e. The molecule has 4 aromatic rings. The number of carbonyl (C=O) groups is 1. The molecule has 4 rings (SSSR count). The second kappa shape index (κ2) is 7.31. The Labute approximate surface area is 163 Å². The molecular weight excluding hydrogens is 352 g/mol. The highest BCUT2D eigenvalue weighted by Gasteiger charge is 2.12. The molecule has 142 valence electrons. The van der Waals surface area contributed by atoms with Gasteiger partial charge in [-0.1, -0.05) is 12.1 Å². The summed E-state index contributed by atoms with van der Waals surface area (Å²) in [6.07, 6.45) is 1.10. The highest BCUT2D eigenvalue weighted by Crippen LogP contribution is 2.25. The monoisotopic (exact) mass is 374 g/mol. The first-order chi connectivity index (χ1) is 13.5. The Morgan fingerprint density at radius 3 is 2.54 bits per heavy atom. The molecule has 0 saturated carbocycles. The molecule has 6 nitrogen and oxygen atoms in total. The number of oxazole rings is 1. The fraction of sp³-hybridized carbons (Fsp3) is 0.227. The molecule has 1 amide bonds. The van der Waals surface area contributed by atoms with Crippen LogP contribution < -0.4 is 5.32 Å². The number of hydrogen-bond acceptors (Lipinski definition) is 4. The highest BCUT2D eigenvalue weighted by molar-refractivity contribution is 5.91. The highest BCUT2D eigenvalue weighted by atomic mass is 16.3. The average Bonchev–Trinajstić information content (AvgIpc) is 3.22. The van der Waals surface area contributed by atoms with Gasteiger partial charge in [-0.05, 0) is 62.2 Å². The molecule has 2 aromatic heterocycles. The number of rotatable bonds is 5. The number of para-hydroxylation sites is 2. The molecule has 0 bridgehead atoms. The molecule has 0 atom stereocenters. The van der Waals surface area contributed by atoms with Crippen molar-refractivity contribution >= 4 is 22.7 Å². The molecule has 28 heavy (non-hydrogen) atoms. The number of aromatic nitrogens is 3. The summed E-state index contributed by atoms with van der Waals surface area (Å²) in [6, 6.07) is 15.2. The second-order valence-corrected chi connectivity index (χ2v) is 6.89. The maximum atomic E-state index is 12.3. The van der Waals surface area contributed by atoms with Gasteiger partial charge < -0.3 is 9.73 Å². The van der Waals surface area contributed by atoms with E-state index in [4.69, 9.17) is 4.42 Å². The third-order valence-electron chi connectivity index (χ3n) is 4.97. The SMILES string of the molecule is Cc1nn(C)c(C)c1CCC(=O)Nc1ccc(-c2nc3ccccc3o2)cc1. The summed E-state index contributed by atoms with van der Waals surface area (Å²) in [7, 11) is 1.92. The summed E-state index contributed by atoms with van der Waals surface area (Å²) in [5.74, 6) is 0.555. The zero-order valence-electron chi connectivity index (χ0n) is 16.2. The van der Waals surface area contributed by atoms with E-state index in [1.807, 2.05) is 74.1 Å². The van der Waals surface area contributed by atoms with Gasteiger partial charge >= 0.3 is 0 Å². The predicted octanol–water partition coefficient (Wildman–Crippen LogP) is 4.42. The topological polar surface area (TPSA) is 73.0 Å². The summed E-state index contributed by atoms with van der Waals surface area (Å²) in [6.45, 7) is 4.00. The van der Waals surface area contributed by atoms with E-state index >= 15 is 0 Å². The van der Waals surface area contributed by atoms with Gasteiger partial charge in [-0.3, -0.25) is 9.48 Å². The van der Waals surface area contributed by atoms with Crippen LogP contribution in [0.3, 0.4) is 0 Å². The van der Waals surface area contributed by atoms with Gasteiger partial charge in [0.2, 0.25) is 11.8 Å². The fourth-order valence-corrected chi connectivity index (χ4v) is 3.33. The average molecular weight is 374 g/mol. The predicted molar refractivity (Wildman–Crippen MR) is 109 cm³/mol. The van der Waals surface area contributed by atoms with Gasteiger partial charge in [-0.15, -0.1) is 0 Å². The van der Waals surface area contributed by atoms with Gasteiger partial charge in [0.15, 0.2) is 5.58 Å². The minimum atomic E-state index is -0.0164. The summed E-state index contributed by atoms with van der Waals surface area (Å²) in [5, 5.41) is 7.34. The van der Waals surface area contributed by atoms with Crippen LogP contribution in [0, 0.1) is 13.8 Å². The maximum absolute atomic E-state index is 12.3. The molecule has 2 heterocycles. The molecule has 0 unspecified atom stereocenters. The zero-order valence-corrected chi connectivity index (χ0v) is 16.2. The van der Waals surface area contributed by atoms with Crippen LogP contribution in [-0.2, 0) is 18.3 Å². The van der Waals surface area contributed by atoms with Crippen LogP contribution in [-0.4, -0.2) is 20.7 Å². The standard InChI is InChI=1S/C22H22N4O2/c1-14-18(15(2)26(3)25-14)12-13-21(27)23-17-10-8-16(9-11-17)22-24-19-6-4-5-7-20(19)28-22/h4-11H,12-13H2,1-3H3,(H,23,27). The van der Waals surface area contributed by atoms with Crippen LogP contribution in [0.2, 0.25) is 0 Å². The smallest absolute Gasteiger partial charge is 0.227 e. The van der Waals surface area contributed by atoms with E-state index in [-0.39, 0.29) is 5.91 Å². The van der Waals surface area contributed by atoms with E-state index in [0.717, 1.165) is 39.3 Å². The van der Waals surface area contributed by atoms with Crippen LogP contribution in [0.5, 0.6) is 0 Å². The van der Waals surface area contributed by atoms with Gasteiger partial charge in [-0.2, -0.15) is 5.10 Å². The molecule has 1 N–H and O–H groups in total. The first-order valence-corrected chi connectivity index (χ1v) is 9.26. The number of fused-ring (bicyclic) bond motifs is 1. The van der Waals surface area contributed by atoms with Gasteiger partial charge in [0.1, 0.15) is 5.52 Å². The fourth-order valence-electron chi connectivity index (χ4n) is 3.33. The maximum Gasteiger partial charge on any atom is 0.227 e. The normalized spacial score (nSPS) is 11.1. The molecule has 0 radical (unpaired) electrons. The number of amides is 1. The van der Waals surface area contributed by atoms with Crippen LogP contribution >= 0.6 is 0 Å². The lowest BCUT2D eigenvalue weighted by molar-refractivity contribution is -0.116. The Morgan fingerprint density at radius 2 is 1.86 bits per heavy atom. The molecule has 0 spiro atoms. The van der Waals surface area contributed by atoms with Crippen LogP contribution in [0.15, 0.2) is 52.9 Å². The number of hydrogen-bond donors (Lipinski definition) is 1. The summed E-state index contributed by atoms with van der Waals surface area (Å²) in [5.41, 5.74) is 6.44. The molecule has 0 aliphatic carbocycles. The van der Waals surface area contributed by atoms with Gasteiger partial charge in [-0.25, -0.2) is 4.98 Å². The Bertz CT molecular complexity index is 1110. The Hall–Kier alpha value is -3.41. The van der Waals surface area contributed by atoms with Crippen molar-refractivity contribution in [2.24, 2.45) is 7.05 Å². The van der Waals surface area contributed by atoms with Crippen LogP contribution in [0.25, 0.3) is 22.6 Å². The molecule has 2 aromatic carbocycles. The molecule has 6 heteroatoms. The summed E-state index contributed by atoms with van der Waals surface area (Å²) >= 11 is 0. The van der Waals surface area contributed by atoms with Gasteiger partial charge in [0.05, 0.1) is 5.69 Å². The first-order valence-electron chi connectivity index (χ1n) is 9.26. The molecule has 0 saturated heterocycles. The van der Waals surface area contributed by atoms with Crippen molar-refractivity contribution in [1.82, 2.24) is 14.8 Å². The van der Waals surface area contributed by atoms with Gasteiger partial charge in [0.25, 0.3) is 0 Å².